The van der Waals surface area contributed by atoms with Gasteiger partial charge in [-0.15, -0.1) is 0 Å². The lowest BCUT2D eigenvalue weighted by atomic mass is 10.2. The normalized spacial score (nSPS) is 10.6. The van der Waals surface area contributed by atoms with E-state index in [0.29, 0.717) is 0 Å². The lowest BCUT2D eigenvalue weighted by molar-refractivity contribution is -0.383. The van der Waals surface area contributed by atoms with E-state index in [-0.39, 0.29) is 21.7 Å². The van der Waals surface area contributed by atoms with Crippen molar-refractivity contribution in [3.63, 3.8) is 0 Å². The van der Waals surface area contributed by atoms with Crippen molar-refractivity contribution in [2.24, 2.45) is 0 Å². The quantitative estimate of drug-likeness (QED) is 0.472. The molecule has 7 heteroatoms. The van der Waals surface area contributed by atoms with Crippen molar-refractivity contribution in [1.29, 1.82) is 0 Å². The van der Waals surface area contributed by atoms with Crippen molar-refractivity contribution in [3.05, 3.63) is 39.3 Å². The molecule has 0 spiro atoms. The van der Waals surface area contributed by atoms with Crippen molar-refractivity contribution >= 4 is 33.9 Å². The van der Waals surface area contributed by atoms with E-state index in [1.54, 1.807) is 0 Å². The van der Waals surface area contributed by atoms with Crippen LogP contribution in [0.2, 0.25) is 5.15 Å². The van der Waals surface area contributed by atoms with Crippen LogP contribution in [-0.2, 0) is 0 Å². The summed E-state index contributed by atoms with van der Waals surface area (Å²) in [6.07, 6.45) is 0. The molecule has 1 heterocycles. The molecule has 2 rings (SSSR count). The number of nitro groups is 1. The van der Waals surface area contributed by atoms with Crippen LogP contribution in [0, 0.1) is 15.9 Å². The molecule has 2 N–H and O–H groups in total. The van der Waals surface area contributed by atoms with Crippen LogP contribution in [0.3, 0.4) is 0 Å². The predicted molar refractivity (Wildman–Crippen MR) is 57.8 cm³/mol. The molecule has 0 saturated carbocycles. The summed E-state index contributed by atoms with van der Waals surface area (Å²) in [5.74, 6) is -0.720. The minimum absolute atomic E-state index is 0.0191. The van der Waals surface area contributed by atoms with Crippen LogP contribution >= 0.6 is 11.6 Å². The van der Waals surface area contributed by atoms with E-state index in [0.717, 1.165) is 12.1 Å². The largest absolute Gasteiger partial charge is 0.396 e. The minimum Gasteiger partial charge on any atom is -0.396 e. The highest BCUT2D eigenvalue weighted by Gasteiger charge is 2.16. The second-order valence-corrected chi connectivity index (χ2v) is 3.48. The smallest absolute Gasteiger partial charge is 0.298 e. The number of nitrogens with zero attached hydrogens (tertiary/aromatic N) is 2. The Balaban J connectivity index is 2.90. The molecule has 0 amide bonds. The van der Waals surface area contributed by atoms with Crippen molar-refractivity contribution in [1.82, 2.24) is 4.98 Å². The van der Waals surface area contributed by atoms with E-state index in [2.05, 4.69) is 4.98 Å². The average molecular weight is 242 g/mol. The molecule has 1 aromatic heterocycles. The molecule has 82 valence electrons. The van der Waals surface area contributed by atoms with Crippen LogP contribution in [0.1, 0.15) is 0 Å². The SMILES string of the molecule is Nc1cc2cc(F)cc([N+](=O)[O-])c2nc1Cl. The fourth-order valence-electron chi connectivity index (χ4n) is 1.37. The van der Waals surface area contributed by atoms with E-state index >= 15 is 0 Å². The number of anilines is 1. The lowest BCUT2D eigenvalue weighted by Crippen LogP contribution is -1.96. The molecule has 16 heavy (non-hydrogen) atoms. The third kappa shape index (κ3) is 1.63. The second kappa shape index (κ2) is 3.57. The molecular formula is C9H5ClFN3O2. The maximum absolute atomic E-state index is 13.1. The van der Waals surface area contributed by atoms with Gasteiger partial charge in [0, 0.05) is 5.39 Å². The number of nitrogen functional groups attached to an aromatic ring is 1. The summed E-state index contributed by atoms with van der Waals surface area (Å²) in [6.45, 7) is 0. The highest BCUT2D eigenvalue weighted by molar-refractivity contribution is 6.32. The van der Waals surface area contributed by atoms with Crippen LogP contribution in [0.15, 0.2) is 18.2 Å². The van der Waals surface area contributed by atoms with Crippen molar-refractivity contribution in [2.75, 3.05) is 5.73 Å². The number of nitrogens with two attached hydrogens (primary N) is 1. The van der Waals surface area contributed by atoms with E-state index in [4.69, 9.17) is 17.3 Å². The minimum atomic E-state index is -0.720. The molecule has 0 aliphatic carbocycles. The molecular weight excluding hydrogens is 237 g/mol. The van der Waals surface area contributed by atoms with Gasteiger partial charge in [0.05, 0.1) is 16.7 Å². The summed E-state index contributed by atoms with van der Waals surface area (Å²) >= 11 is 5.65. The summed E-state index contributed by atoms with van der Waals surface area (Å²) in [5, 5.41) is 10.9. The number of hydrogen-bond acceptors (Lipinski definition) is 4. The van der Waals surface area contributed by atoms with Crippen molar-refractivity contribution in [3.8, 4) is 0 Å². The van der Waals surface area contributed by atoms with Gasteiger partial charge < -0.3 is 5.73 Å². The first-order valence-corrected chi connectivity index (χ1v) is 4.56. The van der Waals surface area contributed by atoms with Gasteiger partial charge in [0.1, 0.15) is 11.3 Å². The van der Waals surface area contributed by atoms with E-state index < -0.39 is 16.4 Å². The topological polar surface area (TPSA) is 82.0 Å². The van der Waals surface area contributed by atoms with Gasteiger partial charge in [-0.2, -0.15) is 0 Å². The molecule has 0 aliphatic rings. The van der Waals surface area contributed by atoms with Crippen molar-refractivity contribution in [2.45, 2.75) is 0 Å². The molecule has 0 saturated heterocycles. The Morgan fingerprint density at radius 3 is 2.75 bits per heavy atom. The fourth-order valence-corrected chi connectivity index (χ4v) is 1.51. The summed E-state index contributed by atoms with van der Waals surface area (Å²) in [5.41, 5.74) is 5.21. The zero-order valence-corrected chi connectivity index (χ0v) is 8.53. The summed E-state index contributed by atoms with van der Waals surface area (Å²) in [6, 6.07) is 3.25. The standard InChI is InChI=1S/C9H5ClFN3O2/c10-9-6(12)2-4-1-5(11)3-7(14(15)16)8(4)13-9/h1-3H,12H2. The third-order valence-electron chi connectivity index (χ3n) is 2.04. The molecule has 0 aliphatic heterocycles. The molecule has 0 atom stereocenters. The summed E-state index contributed by atoms with van der Waals surface area (Å²) in [4.78, 5) is 13.7. The first-order valence-electron chi connectivity index (χ1n) is 4.18. The third-order valence-corrected chi connectivity index (χ3v) is 2.34. The van der Waals surface area contributed by atoms with Gasteiger partial charge in [-0.3, -0.25) is 10.1 Å². The fraction of sp³-hybridized carbons (Fsp3) is 0. The number of hydrogen-bond donors (Lipinski definition) is 1. The monoisotopic (exact) mass is 241 g/mol. The zero-order valence-electron chi connectivity index (χ0n) is 7.78. The van der Waals surface area contributed by atoms with Crippen LogP contribution in [0.25, 0.3) is 10.9 Å². The Kier molecular flexibility index (Phi) is 2.35. The number of pyridine rings is 1. The predicted octanol–water partition coefficient (Wildman–Crippen LogP) is 2.52. The molecule has 0 unspecified atom stereocenters. The number of non-ortho nitro benzene ring substituents is 1. The second-order valence-electron chi connectivity index (χ2n) is 3.12. The van der Waals surface area contributed by atoms with Gasteiger partial charge in [-0.25, -0.2) is 9.37 Å². The van der Waals surface area contributed by atoms with E-state index in [1.165, 1.54) is 6.07 Å². The van der Waals surface area contributed by atoms with E-state index in [9.17, 15) is 14.5 Å². The molecule has 0 fully saturated rings. The van der Waals surface area contributed by atoms with Crippen LogP contribution in [0.4, 0.5) is 15.8 Å². The van der Waals surface area contributed by atoms with Crippen LogP contribution in [-0.4, -0.2) is 9.91 Å². The number of fused-ring (bicyclic) bond motifs is 1. The molecule has 1 aromatic carbocycles. The summed E-state index contributed by atoms with van der Waals surface area (Å²) in [7, 11) is 0. The number of aromatic nitrogens is 1. The van der Waals surface area contributed by atoms with Gasteiger partial charge in [-0.05, 0) is 12.1 Å². The summed E-state index contributed by atoms with van der Waals surface area (Å²) < 4.78 is 13.1. The van der Waals surface area contributed by atoms with Gasteiger partial charge in [-0.1, -0.05) is 11.6 Å². The maximum Gasteiger partial charge on any atom is 0.298 e. The number of nitro benzene ring substituents is 1. The first-order chi connectivity index (χ1) is 7.49. The first kappa shape index (κ1) is 10.6. The Bertz CT molecular complexity index is 603. The Morgan fingerprint density at radius 1 is 1.44 bits per heavy atom. The average Bonchev–Trinajstić information content (AvgIpc) is 2.19. The molecule has 0 radical (unpaired) electrons. The van der Waals surface area contributed by atoms with Gasteiger partial charge in [0.2, 0.25) is 0 Å². The highest BCUT2D eigenvalue weighted by Crippen LogP contribution is 2.29. The van der Waals surface area contributed by atoms with Crippen molar-refractivity contribution < 1.29 is 9.31 Å². The van der Waals surface area contributed by atoms with E-state index in [1.807, 2.05) is 0 Å². The Morgan fingerprint density at radius 2 is 2.12 bits per heavy atom. The lowest BCUT2D eigenvalue weighted by Gasteiger charge is -2.02. The molecule has 5 nitrogen and oxygen atoms in total. The molecule has 2 aromatic rings. The number of rotatable bonds is 1. The number of halogens is 2. The van der Waals surface area contributed by atoms with Crippen LogP contribution in [0.5, 0.6) is 0 Å². The Hall–Kier alpha value is -1.95. The number of benzene rings is 1. The Labute approximate surface area is 93.8 Å². The molecule has 0 bridgehead atoms. The zero-order chi connectivity index (χ0) is 11.9. The maximum atomic E-state index is 13.1. The van der Waals surface area contributed by atoms with Gasteiger partial charge >= 0.3 is 0 Å². The van der Waals surface area contributed by atoms with Gasteiger partial charge in [0.25, 0.3) is 5.69 Å². The van der Waals surface area contributed by atoms with Crippen LogP contribution < -0.4 is 5.73 Å². The highest BCUT2D eigenvalue weighted by atomic mass is 35.5. The van der Waals surface area contributed by atoms with Gasteiger partial charge in [0.15, 0.2) is 5.15 Å².